The number of hydrogen-bond donors (Lipinski definition) is 1. The van der Waals surface area contributed by atoms with Crippen molar-refractivity contribution in [3.63, 3.8) is 0 Å². The van der Waals surface area contributed by atoms with Crippen molar-refractivity contribution in [2.24, 2.45) is 0 Å². The maximum absolute atomic E-state index is 5.88. The van der Waals surface area contributed by atoms with Gasteiger partial charge in [-0.2, -0.15) is 0 Å². The lowest BCUT2D eigenvalue weighted by Crippen LogP contribution is -2.53. The average molecular weight is 239 g/mol. The number of benzene rings is 1. The number of hydrogen-bond acceptors (Lipinski definition) is 2. The lowest BCUT2D eigenvalue weighted by Gasteiger charge is -2.36. The van der Waals surface area contributed by atoms with E-state index in [9.17, 15) is 0 Å². The normalized spacial score (nSPS) is 26.9. The van der Waals surface area contributed by atoms with Crippen LogP contribution in [-0.4, -0.2) is 30.1 Å². The van der Waals surface area contributed by atoms with Crippen molar-refractivity contribution < 1.29 is 0 Å². The van der Waals surface area contributed by atoms with Crippen molar-refractivity contribution in [3.8, 4) is 0 Å². The van der Waals surface area contributed by atoms with Gasteiger partial charge in [0.25, 0.3) is 0 Å². The number of nitrogens with one attached hydrogen (secondary N) is 1. The number of rotatable bonds is 2. The summed E-state index contributed by atoms with van der Waals surface area (Å²) in [6.45, 7) is 7.74. The summed E-state index contributed by atoms with van der Waals surface area (Å²) in [6.07, 6.45) is 0. The molecule has 2 nitrogen and oxygen atoms in total. The van der Waals surface area contributed by atoms with Gasteiger partial charge < -0.3 is 5.32 Å². The molecule has 2 atom stereocenters. The lowest BCUT2D eigenvalue weighted by molar-refractivity contribution is 0.166. The molecule has 1 aliphatic rings. The zero-order valence-electron chi connectivity index (χ0n) is 9.91. The van der Waals surface area contributed by atoms with Crippen LogP contribution in [-0.2, 0) is 6.54 Å². The van der Waals surface area contributed by atoms with Crippen molar-refractivity contribution in [3.05, 3.63) is 34.9 Å². The first kappa shape index (κ1) is 11.9. The standard InChI is InChI=1S/C13H19ClN2/c1-10-7-16(8-11(2)15-10)9-12-3-5-13(14)6-4-12/h3-6,10-11,15H,7-9H2,1-2H3. The van der Waals surface area contributed by atoms with Gasteiger partial charge in [-0.1, -0.05) is 23.7 Å². The van der Waals surface area contributed by atoms with Crippen molar-refractivity contribution >= 4 is 11.6 Å². The number of piperazine rings is 1. The van der Waals surface area contributed by atoms with Gasteiger partial charge in [-0.15, -0.1) is 0 Å². The van der Waals surface area contributed by atoms with E-state index in [1.165, 1.54) is 5.56 Å². The summed E-state index contributed by atoms with van der Waals surface area (Å²) in [6, 6.07) is 9.31. The van der Waals surface area contributed by atoms with Crippen LogP contribution in [0.25, 0.3) is 0 Å². The van der Waals surface area contributed by atoms with Gasteiger partial charge in [0.15, 0.2) is 0 Å². The topological polar surface area (TPSA) is 15.3 Å². The average Bonchev–Trinajstić information content (AvgIpc) is 2.20. The second-order valence-corrected chi connectivity index (χ2v) is 5.23. The predicted molar refractivity (Wildman–Crippen MR) is 68.8 cm³/mol. The Morgan fingerprint density at radius 3 is 2.31 bits per heavy atom. The van der Waals surface area contributed by atoms with E-state index >= 15 is 0 Å². The molecule has 0 bridgehead atoms. The highest BCUT2D eigenvalue weighted by Crippen LogP contribution is 2.13. The maximum Gasteiger partial charge on any atom is 0.0406 e. The Bertz CT molecular complexity index is 326. The highest BCUT2D eigenvalue weighted by Gasteiger charge is 2.20. The molecule has 0 radical (unpaired) electrons. The van der Waals surface area contributed by atoms with E-state index in [2.05, 4.69) is 36.2 Å². The van der Waals surface area contributed by atoms with Crippen LogP contribution in [0.15, 0.2) is 24.3 Å². The van der Waals surface area contributed by atoms with Crippen molar-refractivity contribution in [2.75, 3.05) is 13.1 Å². The third kappa shape index (κ3) is 3.21. The number of nitrogens with zero attached hydrogens (tertiary/aromatic N) is 1. The smallest absolute Gasteiger partial charge is 0.0406 e. The Morgan fingerprint density at radius 1 is 1.19 bits per heavy atom. The molecule has 1 aromatic rings. The van der Waals surface area contributed by atoms with Crippen LogP contribution in [0.2, 0.25) is 5.02 Å². The van der Waals surface area contributed by atoms with Crippen LogP contribution >= 0.6 is 11.6 Å². The zero-order chi connectivity index (χ0) is 11.5. The maximum atomic E-state index is 5.88. The first-order valence-corrected chi connectivity index (χ1v) is 6.24. The highest BCUT2D eigenvalue weighted by atomic mass is 35.5. The van der Waals surface area contributed by atoms with E-state index in [-0.39, 0.29) is 0 Å². The van der Waals surface area contributed by atoms with Crippen LogP contribution in [0.4, 0.5) is 0 Å². The Labute approximate surface area is 103 Å². The molecule has 1 aliphatic heterocycles. The molecule has 16 heavy (non-hydrogen) atoms. The van der Waals surface area contributed by atoms with Crippen LogP contribution in [0, 0.1) is 0 Å². The van der Waals surface area contributed by atoms with Gasteiger partial charge in [0, 0.05) is 36.7 Å². The van der Waals surface area contributed by atoms with Gasteiger partial charge in [-0.05, 0) is 31.5 Å². The SMILES string of the molecule is CC1CN(Cc2ccc(Cl)cc2)CC(C)N1. The molecule has 2 unspecified atom stereocenters. The van der Waals surface area contributed by atoms with E-state index in [0.717, 1.165) is 24.7 Å². The summed E-state index contributed by atoms with van der Waals surface area (Å²) in [4.78, 5) is 2.50. The second-order valence-electron chi connectivity index (χ2n) is 4.79. The van der Waals surface area contributed by atoms with E-state index < -0.39 is 0 Å². The van der Waals surface area contributed by atoms with Crippen molar-refractivity contribution in [2.45, 2.75) is 32.5 Å². The minimum atomic E-state index is 0.580. The molecule has 1 N–H and O–H groups in total. The van der Waals surface area contributed by atoms with Gasteiger partial charge in [0.1, 0.15) is 0 Å². The van der Waals surface area contributed by atoms with Gasteiger partial charge in [0.2, 0.25) is 0 Å². The summed E-state index contributed by atoms with van der Waals surface area (Å²) >= 11 is 5.88. The van der Waals surface area contributed by atoms with Gasteiger partial charge in [0.05, 0.1) is 0 Å². The summed E-state index contributed by atoms with van der Waals surface area (Å²) in [5.41, 5.74) is 1.34. The summed E-state index contributed by atoms with van der Waals surface area (Å²) in [7, 11) is 0. The van der Waals surface area contributed by atoms with Gasteiger partial charge in [-0.25, -0.2) is 0 Å². The molecule has 88 valence electrons. The highest BCUT2D eigenvalue weighted by molar-refractivity contribution is 6.30. The fourth-order valence-electron chi connectivity index (χ4n) is 2.42. The molecule has 0 aromatic heterocycles. The summed E-state index contributed by atoms with van der Waals surface area (Å²) < 4.78 is 0. The van der Waals surface area contributed by atoms with Crippen LogP contribution in [0.3, 0.4) is 0 Å². The third-order valence-electron chi connectivity index (χ3n) is 2.95. The van der Waals surface area contributed by atoms with Crippen LogP contribution < -0.4 is 5.32 Å². The van der Waals surface area contributed by atoms with Crippen LogP contribution in [0.1, 0.15) is 19.4 Å². The monoisotopic (exact) mass is 238 g/mol. The molecule has 0 spiro atoms. The molecular formula is C13H19ClN2. The van der Waals surface area contributed by atoms with Gasteiger partial charge >= 0.3 is 0 Å². The summed E-state index contributed by atoms with van der Waals surface area (Å²) in [5.74, 6) is 0. The van der Waals surface area contributed by atoms with Crippen molar-refractivity contribution in [1.82, 2.24) is 10.2 Å². The Kier molecular flexibility index (Phi) is 3.85. The van der Waals surface area contributed by atoms with Gasteiger partial charge in [-0.3, -0.25) is 4.90 Å². The Balaban J connectivity index is 1.96. The quantitative estimate of drug-likeness (QED) is 0.852. The largest absolute Gasteiger partial charge is 0.309 e. The number of halogens is 1. The van der Waals surface area contributed by atoms with E-state index in [4.69, 9.17) is 11.6 Å². The third-order valence-corrected chi connectivity index (χ3v) is 3.20. The fraction of sp³-hybridized carbons (Fsp3) is 0.538. The first-order chi connectivity index (χ1) is 7.63. The van der Waals surface area contributed by atoms with E-state index in [0.29, 0.717) is 12.1 Å². The molecule has 0 aliphatic carbocycles. The Morgan fingerprint density at radius 2 is 1.75 bits per heavy atom. The van der Waals surface area contributed by atoms with Crippen molar-refractivity contribution in [1.29, 1.82) is 0 Å². The molecule has 3 heteroatoms. The minimum Gasteiger partial charge on any atom is -0.309 e. The van der Waals surface area contributed by atoms with Crippen LogP contribution in [0.5, 0.6) is 0 Å². The van der Waals surface area contributed by atoms with E-state index in [1.807, 2.05) is 12.1 Å². The predicted octanol–water partition coefficient (Wildman–Crippen LogP) is 2.52. The zero-order valence-corrected chi connectivity index (χ0v) is 10.7. The fourth-order valence-corrected chi connectivity index (χ4v) is 2.54. The summed E-state index contributed by atoms with van der Waals surface area (Å²) in [5, 5.41) is 4.35. The molecule has 2 rings (SSSR count). The minimum absolute atomic E-state index is 0.580. The molecule has 1 fully saturated rings. The second kappa shape index (κ2) is 5.17. The molecule has 1 heterocycles. The molecule has 1 aromatic carbocycles. The molecular weight excluding hydrogens is 220 g/mol. The molecule has 0 saturated carbocycles. The van der Waals surface area contributed by atoms with E-state index in [1.54, 1.807) is 0 Å². The lowest BCUT2D eigenvalue weighted by atomic mass is 10.1. The molecule has 1 saturated heterocycles. The molecule has 0 amide bonds. The Hall–Kier alpha value is -0.570. The first-order valence-electron chi connectivity index (χ1n) is 5.86.